The van der Waals surface area contributed by atoms with Crippen LogP contribution >= 0.6 is 0 Å². The van der Waals surface area contributed by atoms with E-state index in [2.05, 4.69) is 11.4 Å². The Labute approximate surface area is 154 Å². The number of hydrogen-bond acceptors (Lipinski definition) is 4. The van der Waals surface area contributed by atoms with E-state index in [4.69, 9.17) is 9.47 Å². The highest BCUT2D eigenvalue weighted by Gasteiger charge is 2.18. The van der Waals surface area contributed by atoms with Gasteiger partial charge in [-0.2, -0.15) is 0 Å². The number of para-hydroxylation sites is 1. The molecule has 1 aliphatic heterocycles. The summed E-state index contributed by atoms with van der Waals surface area (Å²) in [5, 5.41) is 3.42. The smallest absolute Gasteiger partial charge is 0.260 e. The zero-order valence-electron chi connectivity index (χ0n) is 15.2. The minimum Gasteiger partial charge on any atom is -0.497 e. The summed E-state index contributed by atoms with van der Waals surface area (Å²) >= 11 is 0. The van der Waals surface area contributed by atoms with E-state index in [0.717, 1.165) is 55.1 Å². The van der Waals surface area contributed by atoms with Crippen molar-refractivity contribution >= 4 is 5.91 Å². The molecule has 0 spiro atoms. The number of amides is 1. The summed E-state index contributed by atoms with van der Waals surface area (Å²) in [7, 11) is 1.67. The quantitative estimate of drug-likeness (QED) is 0.792. The highest BCUT2D eigenvalue weighted by Crippen LogP contribution is 2.19. The van der Waals surface area contributed by atoms with Crippen LogP contribution in [0, 0.1) is 0 Å². The molecule has 5 heteroatoms. The van der Waals surface area contributed by atoms with Crippen molar-refractivity contribution in [2.24, 2.45) is 0 Å². The first kappa shape index (κ1) is 18.3. The highest BCUT2D eigenvalue weighted by molar-refractivity contribution is 5.78. The Bertz CT molecular complexity index is 727. The van der Waals surface area contributed by atoms with Crippen molar-refractivity contribution in [3.8, 4) is 11.5 Å². The van der Waals surface area contributed by atoms with Gasteiger partial charge in [-0.25, -0.2) is 0 Å². The van der Waals surface area contributed by atoms with Gasteiger partial charge in [-0.3, -0.25) is 4.79 Å². The summed E-state index contributed by atoms with van der Waals surface area (Å²) < 4.78 is 11.1. The second-order valence-corrected chi connectivity index (χ2v) is 6.44. The number of methoxy groups -OCH3 is 1. The van der Waals surface area contributed by atoms with E-state index >= 15 is 0 Å². The Morgan fingerprint density at radius 1 is 1.08 bits per heavy atom. The third kappa shape index (κ3) is 4.99. The number of hydrogen-bond donors (Lipinski definition) is 1. The predicted molar refractivity (Wildman–Crippen MR) is 101 cm³/mol. The first-order valence-corrected chi connectivity index (χ1v) is 9.08. The van der Waals surface area contributed by atoms with Gasteiger partial charge >= 0.3 is 0 Å². The summed E-state index contributed by atoms with van der Waals surface area (Å²) in [4.78, 5) is 14.0. The van der Waals surface area contributed by atoms with E-state index in [1.165, 1.54) is 0 Å². The Kier molecular flexibility index (Phi) is 6.50. The van der Waals surface area contributed by atoms with Crippen molar-refractivity contribution in [2.75, 3.05) is 26.8 Å². The zero-order chi connectivity index (χ0) is 18.2. The molecule has 1 aliphatic rings. The van der Waals surface area contributed by atoms with Gasteiger partial charge in [-0.15, -0.1) is 0 Å². The van der Waals surface area contributed by atoms with Crippen molar-refractivity contribution in [3.63, 3.8) is 0 Å². The largest absolute Gasteiger partial charge is 0.497 e. The molecule has 0 bridgehead atoms. The molecule has 1 fully saturated rings. The van der Waals surface area contributed by atoms with Crippen LogP contribution in [0.2, 0.25) is 0 Å². The first-order chi connectivity index (χ1) is 12.8. The van der Waals surface area contributed by atoms with Gasteiger partial charge in [0.15, 0.2) is 6.61 Å². The van der Waals surface area contributed by atoms with Crippen LogP contribution in [-0.4, -0.2) is 37.6 Å². The maximum Gasteiger partial charge on any atom is 0.260 e. The highest BCUT2D eigenvalue weighted by atomic mass is 16.5. The van der Waals surface area contributed by atoms with Crippen LogP contribution in [-0.2, 0) is 17.9 Å². The number of carbonyl (C=O) groups is 1. The molecule has 0 unspecified atom stereocenters. The third-order valence-electron chi connectivity index (χ3n) is 4.56. The Morgan fingerprint density at radius 2 is 1.88 bits per heavy atom. The van der Waals surface area contributed by atoms with Crippen LogP contribution in [0.25, 0.3) is 0 Å². The minimum atomic E-state index is 0.0710. The lowest BCUT2D eigenvalue weighted by Gasteiger charge is -2.17. The maximum atomic E-state index is 12.2. The summed E-state index contributed by atoms with van der Waals surface area (Å²) in [5.41, 5.74) is 2.21. The van der Waals surface area contributed by atoms with Gasteiger partial charge in [-0.05, 0) is 36.6 Å². The number of carbonyl (C=O) groups excluding carboxylic acids is 1. The molecule has 138 valence electrons. The van der Waals surface area contributed by atoms with E-state index in [-0.39, 0.29) is 12.5 Å². The number of likely N-dealkylation sites (tertiary alicyclic amines) is 1. The lowest BCUT2D eigenvalue weighted by Crippen LogP contribution is -2.32. The number of nitrogens with zero attached hydrogens (tertiary/aromatic N) is 1. The van der Waals surface area contributed by atoms with Gasteiger partial charge in [0.2, 0.25) is 0 Å². The van der Waals surface area contributed by atoms with Crippen molar-refractivity contribution < 1.29 is 14.3 Å². The predicted octanol–water partition coefficient (Wildman–Crippen LogP) is 2.99. The SMILES string of the molecule is COc1cccc(CNCc2ccccc2OCC(=O)N2CCCC2)c1. The normalized spacial score (nSPS) is 13.7. The Balaban J connectivity index is 1.52. The molecule has 0 radical (unpaired) electrons. The fourth-order valence-corrected chi connectivity index (χ4v) is 3.11. The fraction of sp³-hybridized carbons (Fsp3) is 0.381. The number of ether oxygens (including phenoxy) is 2. The first-order valence-electron chi connectivity index (χ1n) is 9.08. The molecular weight excluding hydrogens is 328 g/mol. The van der Waals surface area contributed by atoms with Crippen LogP contribution in [0.4, 0.5) is 0 Å². The zero-order valence-corrected chi connectivity index (χ0v) is 15.2. The van der Waals surface area contributed by atoms with Crippen LogP contribution in [0.3, 0.4) is 0 Å². The summed E-state index contributed by atoms with van der Waals surface area (Å²) in [6.45, 7) is 3.22. The molecule has 1 heterocycles. The number of benzene rings is 2. The van der Waals surface area contributed by atoms with Crippen molar-refractivity contribution in [3.05, 3.63) is 59.7 Å². The average molecular weight is 354 g/mol. The van der Waals surface area contributed by atoms with E-state index in [1.807, 2.05) is 47.4 Å². The molecule has 1 saturated heterocycles. The number of rotatable bonds is 8. The van der Waals surface area contributed by atoms with Gasteiger partial charge in [-0.1, -0.05) is 30.3 Å². The molecule has 3 rings (SSSR count). The topological polar surface area (TPSA) is 50.8 Å². The molecule has 26 heavy (non-hydrogen) atoms. The van der Waals surface area contributed by atoms with Gasteiger partial charge in [0.05, 0.1) is 7.11 Å². The summed E-state index contributed by atoms with van der Waals surface area (Å²) in [6, 6.07) is 15.9. The van der Waals surface area contributed by atoms with Crippen LogP contribution < -0.4 is 14.8 Å². The molecule has 2 aromatic carbocycles. The van der Waals surface area contributed by atoms with Gasteiger partial charge in [0.1, 0.15) is 11.5 Å². The molecule has 0 atom stereocenters. The van der Waals surface area contributed by atoms with Crippen molar-refractivity contribution in [2.45, 2.75) is 25.9 Å². The third-order valence-corrected chi connectivity index (χ3v) is 4.56. The van der Waals surface area contributed by atoms with Crippen molar-refractivity contribution in [1.82, 2.24) is 10.2 Å². The molecule has 1 amide bonds. The molecule has 0 aliphatic carbocycles. The van der Waals surface area contributed by atoms with Crippen LogP contribution in [0.1, 0.15) is 24.0 Å². The standard InChI is InChI=1S/C21H26N2O3/c1-25-19-9-6-7-17(13-19)14-22-15-18-8-2-3-10-20(18)26-16-21(24)23-11-4-5-12-23/h2-3,6-10,13,22H,4-5,11-12,14-16H2,1H3. The van der Waals surface area contributed by atoms with Crippen LogP contribution in [0.5, 0.6) is 11.5 Å². The van der Waals surface area contributed by atoms with Crippen LogP contribution in [0.15, 0.2) is 48.5 Å². The number of nitrogens with one attached hydrogen (secondary N) is 1. The maximum absolute atomic E-state index is 12.2. The lowest BCUT2D eigenvalue weighted by atomic mass is 10.2. The van der Waals surface area contributed by atoms with Gasteiger partial charge in [0.25, 0.3) is 5.91 Å². The second-order valence-electron chi connectivity index (χ2n) is 6.44. The second kappa shape index (κ2) is 9.25. The molecular formula is C21H26N2O3. The summed E-state index contributed by atoms with van der Waals surface area (Å²) in [5.74, 6) is 1.69. The Morgan fingerprint density at radius 3 is 2.69 bits per heavy atom. The molecule has 0 saturated carbocycles. The van der Waals surface area contributed by atoms with E-state index in [0.29, 0.717) is 6.54 Å². The average Bonchev–Trinajstić information content (AvgIpc) is 3.22. The minimum absolute atomic E-state index is 0.0710. The van der Waals surface area contributed by atoms with Gasteiger partial charge in [0, 0.05) is 31.7 Å². The molecule has 2 aromatic rings. The fourth-order valence-electron chi connectivity index (χ4n) is 3.11. The van der Waals surface area contributed by atoms with Crippen molar-refractivity contribution in [1.29, 1.82) is 0 Å². The molecule has 0 aromatic heterocycles. The van der Waals surface area contributed by atoms with E-state index in [9.17, 15) is 4.79 Å². The molecule has 5 nitrogen and oxygen atoms in total. The lowest BCUT2D eigenvalue weighted by molar-refractivity contribution is -0.132. The Hall–Kier alpha value is -2.53. The van der Waals surface area contributed by atoms with E-state index < -0.39 is 0 Å². The molecule has 1 N–H and O–H groups in total. The summed E-state index contributed by atoms with van der Waals surface area (Å²) in [6.07, 6.45) is 2.19. The monoisotopic (exact) mass is 354 g/mol. The van der Waals surface area contributed by atoms with Gasteiger partial charge < -0.3 is 19.7 Å². The van der Waals surface area contributed by atoms with E-state index in [1.54, 1.807) is 7.11 Å².